The van der Waals surface area contributed by atoms with E-state index < -0.39 is 12.1 Å². The molecule has 73 heavy (non-hydrogen) atoms. The molecule has 0 fully saturated rings. The van der Waals surface area contributed by atoms with Gasteiger partial charge in [-0.2, -0.15) is 0 Å². The van der Waals surface area contributed by atoms with Crippen molar-refractivity contribution in [2.75, 3.05) is 13.2 Å². The number of nitrogens with one attached hydrogen (secondary N) is 1. The monoisotopic (exact) mass is 1030 g/mol. The van der Waals surface area contributed by atoms with Gasteiger partial charge in [0.1, 0.15) is 0 Å². The van der Waals surface area contributed by atoms with Crippen molar-refractivity contribution in [3.63, 3.8) is 0 Å². The molecule has 0 rings (SSSR count). The van der Waals surface area contributed by atoms with Crippen molar-refractivity contribution in [1.82, 2.24) is 5.32 Å². The maximum absolute atomic E-state index is 12.5. The molecule has 0 aromatic carbocycles. The van der Waals surface area contributed by atoms with E-state index in [1.54, 1.807) is 6.08 Å². The molecule has 0 aromatic heterocycles. The maximum Gasteiger partial charge on any atom is 0.305 e. The van der Waals surface area contributed by atoms with Gasteiger partial charge in [0.25, 0.3) is 0 Å². The number of allylic oxidation sites excluding steroid dienone is 3. The van der Waals surface area contributed by atoms with Gasteiger partial charge in [0.15, 0.2) is 0 Å². The molecule has 0 saturated carbocycles. The van der Waals surface area contributed by atoms with Gasteiger partial charge >= 0.3 is 5.97 Å². The number of ether oxygens (including phenoxy) is 1. The number of esters is 1. The van der Waals surface area contributed by atoms with Crippen LogP contribution in [0.2, 0.25) is 0 Å². The lowest BCUT2D eigenvalue weighted by molar-refractivity contribution is -0.143. The number of carbonyl (C=O) groups excluding carboxylic acids is 2. The molecule has 432 valence electrons. The highest BCUT2D eigenvalue weighted by Crippen LogP contribution is 2.18. The summed E-state index contributed by atoms with van der Waals surface area (Å²) in [6.45, 7) is 4.93. The summed E-state index contributed by atoms with van der Waals surface area (Å²) in [5.74, 6) is -0.0489. The number of rotatable bonds is 62. The predicted octanol–water partition coefficient (Wildman–Crippen LogP) is 21.0. The van der Waals surface area contributed by atoms with Gasteiger partial charge in [0, 0.05) is 12.8 Å². The highest BCUT2D eigenvalue weighted by Gasteiger charge is 2.18. The topological polar surface area (TPSA) is 95.9 Å². The van der Waals surface area contributed by atoms with Gasteiger partial charge in [0.2, 0.25) is 5.91 Å². The van der Waals surface area contributed by atoms with E-state index in [0.717, 1.165) is 38.5 Å². The van der Waals surface area contributed by atoms with Crippen LogP contribution < -0.4 is 5.32 Å². The van der Waals surface area contributed by atoms with Crippen molar-refractivity contribution < 1.29 is 24.5 Å². The molecule has 6 heteroatoms. The maximum atomic E-state index is 12.5. The molecule has 6 nitrogen and oxygen atoms in total. The average Bonchev–Trinajstić information content (AvgIpc) is 3.39. The van der Waals surface area contributed by atoms with Gasteiger partial charge < -0.3 is 20.3 Å². The number of unbranched alkanes of at least 4 members (excludes halogenated alkanes) is 49. The Balaban J connectivity index is 3.39. The van der Waals surface area contributed by atoms with E-state index in [4.69, 9.17) is 4.74 Å². The Morgan fingerprint density at radius 3 is 0.973 bits per heavy atom. The summed E-state index contributed by atoms with van der Waals surface area (Å²) in [6, 6.07) is -0.627. The highest BCUT2D eigenvalue weighted by molar-refractivity contribution is 5.76. The van der Waals surface area contributed by atoms with Gasteiger partial charge in [0.05, 0.1) is 25.4 Å². The Hall–Kier alpha value is -1.66. The molecule has 3 N–H and O–H groups in total. The van der Waals surface area contributed by atoms with Crippen molar-refractivity contribution in [2.45, 2.75) is 379 Å². The normalized spacial score (nSPS) is 12.7. The fraction of sp³-hybridized carbons (Fsp3) is 0.910. The SMILES string of the molecule is CCCCCCCCCCCCCCCC/C=C/C(O)C(CO)NC(=O)CCCCCCCCCCCCCC/C=C\CCCCCCCCCCCCCCOC(=O)CCCCCCCCCCCCCC. The molecule has 0 bridgehead atoms. The number of hydrogen-bond acceptors (Lipinski definition) is 5. The molecular weight excluding hydrogens is 899 g/mol. The standard InChI is InChI=1S/C67H129NO5/c1-3-5-7-9-11-13-15-17-18-33-36-39-43-47-51-55-59-65(70)64(63-69)68-66(71)60-56-52-48-44-40-37-34-31-29-27-25-23-21-19-20-22-24-26-28-30-32-35-38-42-46-50-54-58-62-73-67(72)61-57-53-49-45-41-16-14-12-10-8-6-4-2/h19-20,55,59,64-65,69-70H,3-18,21-54,56-58,60-63H2,1-2H3,(H,68,71)/b20-19-,59-55+. The second-order valence-corrected chi connectivity index (χ2v) is 22.8. The number of aliphatic hydroxyl groups is 2. The van der Waals surface area contributed by atoms with Gasteiger partial charge in [-0.05, 0) is 57.8 Å². The van der Waals surface area contributed by atoms with Crippen LogP contribution in [-0.2, 0) is 14.3 Å². The first-order valence-electron chi connectivity index (χ1n) is 33.1. The molecule has 0 aromatic rings. The Morgan fingerprint density at radius 1 is 0.370 bits per heavy atom. The minimum Gasteiger partial charge on any atom is -0.466 e. The van der Waals surface area contributed by atoms with Crippen LogP contribution in [0.25, 0.3) is 0 Å². The third kappa shape index (κ3) is 59.4. The molecule has 0 spiro atoms. The number of hydrogen-bond donors (Lipinski definition) is 3. The molecular formula is C67H129NO5. The fourth-order valence-corrected chi connectivity index (χ4v) is 10.4. The van der Waals surface area contributed by atoms with Gasteiger partial charge in [-0.15, -0.1) is 0 Å². The highest BCUT2D eigenvalue weighted by atomic mass is 16.5. The lowest BCUT2D eigenvalue weighted by atomic mass is 10.0. The third-order valence-corrected chi connectivity index (χ3v) is 15.5. The summed E-state index contributed by atoms with van der Waals surface area (Å²) in [5, 5.41) is 23.2. The first-order valence-corrected chi connectivity index (χ1v) is 33.1. The average molecular weight is 1030 g/mol. The number of aliphatic hydroxyl groups excluding tert-OH is 2. The Bertz CT molecular complexity index is 1140. The number of amides is 1. The van der Waals surface area contributed by atoms with Gasteiger partial charge in [-0.3, -0.25) is 9.59 Å². The van der Waals surface area contributed by atoms with Gasteiger partial charge in [-0.25, -0.2) is 0 Å². The summed E-state index contributed by atoms with van der Waals surface area (Å²) in [5.41, 5.74) is 0. The lowest BCUT2D eigenvalue weighted by Crippen LogP contribution is -2.45. The van der Waals surface area contributed by atoms with E-state index in [1.807, 2.05) is 6.08 Å². The summed E-state index contributed by atoms with van der Waals surface area (Å²) < 4.78 is 5.48. The first-order chi connectivity index (χ1) is 36.0. The smallest absolute Gasteiger partial charge is 0.305 e. The van der Waals surface area contributed by atoms with E-state index in [2.05, 4.69) is 31.3 Å². The lowest BCUT2D eigenvalue weighted by Gasteiger charge is -2.20. The summed E-state index contributed by atoms with van der Waals surface area (Å²) in [7, 11) is 0. The zero-order valence-corrected chi connectivity index (χ0v) is 49.4. The van der Waals surface area contributed by atoms with E-state index in [9.17, 15) is 19.8 Å². The van der Waals surface area contributed by atoms with Crippen LogP contribution in [0.15, 0.2) is 24.3 Å². The van der Waals surface area contributed by atoms with E-state index >= 15 is 0 Å². The predicted molar refractivity (Wildman–Crippen MR) is 320 cm³/mol. The van der Waals surface area contributed by atoms with E-state index in [0.29, 0.717) is 19.4 Å². The summed E-state index contributed by atoms with van der Waals surface area (Å²) >= 11 is 0. The molecule has 0 aliphatic rings. The van der Waals surface area contributed by atoms with E-state index in [1.165, 1.54) is 302 Å². The largest absolute Gasteiger partial charge is 0.466 e. The number of carbonyl (C=O) groups is 2. The molecule has 0 heterocycles. The molecule has 1 amide bonds. The Labute approximate surface area is 456 Å². The fourth-order valence-electron chi connectivity index (χ4n) is 10.4. The van der Waals surface area contributed by atoms with E-state index in [-0.39, 0.29) is 18.5 Å². The molecule has 0 saturated heterocycles. The van der Waals surface area contributed by atoms with Crippen LogP contribution in [0.1, 0.15) is 367 Å². The molecule has 2 unspecified atom stereocenters. The minimum absolute atomic E-state index is 0.0166. The second-order valence-electron chi connectivity index (χ2n) is 22.8. The molecule has 0 aliphatic heterocycles. The zero-order chi connectivity index (χ0) is 52.9. The zero-order valence-electron chi connectivity index (χ0n) is 49.4. The second kappa shape index (κ2) is 62.9. The molecule has 0 radical (unpaired) electrons. The van der Waals surface area contributed by atoms with Crippen LogP contribution in [-0.4, -0.2) is 47.4 Å². The summed E-state index contributed by atoms with van der Waals surface area (Å²) in [4.78, 5) is 24.5. The van der Waals surface area contributed by atoms with Crippen LogP contribution >= 0.6 is 0 Å². The molecule has 0 aliphatic carbocycles. The van der Waals surface area contributed by atoms with Crippen molar-refractivity contribution >= 4 is 11.9 Å². The van der Waals surface area contributed by atoms with Crippen molar-refractivity contribution in [3.8, 4) is 0 Å². The van der Waals surface area contributed by atoms with Crippen LogP contribution in [0.3, 0.4) is 0 Å². The van der Waals surface area contributed by atoms with Crippen LogP contribution in [0.4, 0.5) is 0 Å². The Kier molecular flexibility index (Phi) is 61.4. The first kappa shape index (κ1) is 71.3. The van der Waals surface area contributed by atoms with Crippen molar-refractivity contribution in [1.29, 1.82) is 0 Å². The van der Waals surface area contributed by atoms with Crippen LogP contribution in [0, 0.1) is 0 Å². The van der Waals surface area contributed by atoms with Crippen molar-refractivity contribution in [3.05, 3.63) is 24.3 Å². The minimum atomic E-state index is -0.844. The third-order valence-electron chi connectivity index (χ3n) is 15.5. The van der Waals surface area contributed by atoms with Crippen molar-refractivity contribution in [2.24, 2.45) is 0 Å². The quantitative estimate of drug-likeness (QED) is 0.0320. The van der Waals surface area contributed by atoms with Crippen LogP contribution in [0.5, 0.6) is 0 Å². The van der Waals surface area contributed by atoms with Gasteiger partial charge in [-0.1, -0.05) is 321 Å². The molecule has 2 atom stereocenters. The summed E-state index contributed by atoms with van der Waals surface area (Å²) in [6.07, 6.45) is 78.1. The Morgan fingerprint density at radius 2 is 0.644 bits per heavy atom.